The summed E-state index contributed by atoms with van der Waals surface area (Å²) in [6, 6.07) is 14.0. The second-order valence-corrected chi connectivity index (χ2v) is 4.08. The van der Waals surface area contributed by atoms with Gasteiger partial charge < -0.3 is 10.1 Å². The number of hydrogen-bond donors (Lipinski definition) is 1. The molecule has 88 valence electrons. The maximum Gasteiger partial charge on any atom is 0.137 e. The average molecular weight is 248 g/mol. The van der Waals surface area contributed by atoms with Crippen molar-refractivity contribution in [3.63, 3.8) is 0 Å². The van der Waals surface area contributed by atoms with Crippen LogP contribution in [0.15, 0.2) is 42.5 Å². The third-order valence-corrected chi connectivity index (χ3v) is 2.95. The summed E-state index contributed by atoms with van der Waals surface area (Å²) in [4.78, 5) is 0. The Morgan fingerprint density at radius 1 is 1.00 bits per heavy atom. The highest BCUT2D eigenvalue weighted by Crippen LogP contribution is 2.30. The van der Waals surface area contributed by atoms with Gasteiger partial charge in [-0.25, -0.2) is 0 Å². The number of anilines is 1. The summed E-state index contributed by atoms with van der Waals surface area (Å²) in [6.45, 7) is 0. The van der Waals surface area contributed by atoms with Gasteiger partial charge in [0.05, 0.1) is 12.1 Å². The van der Waals surface area contributed by atoms with Crippen molar-refractivity contribution in [1.82, 2.24) is 0 Å². The van der Waals surface area contributed by atoms with Gasteiger partial charge in [0.2, 0.25) is 0 Å². The zero-order chi connectivity index (χ0) is 12.3. The fraction of sp³-hybridized carbons (Fsp3) is 0.143. The Morgan fingerprint density at radius 3 is 2.18 bits per heavy atom. The fourth-order valence-electron chi connectivity index (χ4n) is 1.68. The van der Waals surface area contributed by atoms with Crippen molar-refractivity contribution >= 4 is 17.3 Å². The molecule has 0 aromatic heterocycles. The van der Waals surface area contributed by atoms with E-state index in [9.17, 15) is 0 Å². The van der Waals surface area contributed by atoms with Crippen LogP contribution in [0.1, 0.15) is 0 Å². The number of halogens is 1. The van der Waals surface area contributed by atoms with Crippen LogP contribution in [0.4, 0.5) is 5.69 Å². The van der Waals surface area contributed by atoms with Crippen LogP contribution in [-0.4, -0.2) is 14.2 Å². The Balaban J connectivity index is 2.35. The monoisotopic (exact) mass is 247 g/mol. The van der Waals surface area contributed by atoms with Gasteiger partial charge in [-0.2, -0.15) is 0 Å². The minimum atomic E-state index is 0.627. The first kappa shape index (κ1) is 11.8. The first-order valence-corrected chi connectivity index (χ1v) is 5.74. The van der Waals surface area contributed by atoms with E-state index < -0.39 is 0 Å². The number of rotatable bonds is 3. The second-order valence-electron chi connectivity index (χ2n) is 3.68. The molecule has 0 amide bonds. The molecule has 0 saturated carbocycles. The molecule has 0 radical (unpaired) electrons. The van der Waals surface area contributed by atoms with Crippen molar-refractivity contribution in [2.75, 3.05) is 19.5 Å². The fourth-order valence-corrected chi connectivity index (χ4v) is 1.93. The Kier molecular flexibility index (Phi) is 3.55. The molecule has 1 N–H and O–H groups in total. The third kappa shape index (κ3) is 2.53. The summed E-state index contributed by atoms with van der Waals surface area (Å²) in [5, 5.41) is 3.72. The smallest absolute Gasteiger partial charge is 0.137 e. The van der Waals surface area contributed by atoms with Gasteiger partial charge in [0.25, 0.3) is 0 Å². The van der Waals surface area contributed by atoms with Crippen LogP contribution in [0.5, 0.6) is 5.75 Å². The van der Waals surface area contributed by atoms with Crippen LogP contribution in [0.25, 0.3) is 11.1 Å². The molecule has 2 rings (SSSR count). The molecule has 0 aliphatic heterocycles. The Hall–Kier alpha value is -1.67. The van der Waals surface area contributed by atoms with E-state index in [2.05, 4.69) is 17.4 Å². The molecule has 2 aromatic rings. The van der Waals surface area contributed by atoms with E-state index in [0.29, 0.717) is 10.8 Å². The van der Waals surface area contributed by atoms with Crippen LogP contribution >= 0.6 is 11.6 Å². The molecule has 0 spiro atoms. The first-order chi connectivity index (χ1) is 8.24. The summed E-state index contributed by atoms with van der Waals surface area (Å²) < 4.78 is 5.13. The Labute approximate surface area is 106 Å². The first-order valence-electron chi connectivity index (χ1n) is 5.36. The molecule has 3 heteroatoms. The summed E-state index contributed by atoms with van der Waals surface area (Å²) in [5.41, 5.74) is 3.31. The molecule has 0 bridgehead atoms. The number of nitrogens with one attached hydrogen (secondary N) is 1. The molecule has 2 aromatic carbocycles. The summed E-state index contributed by atoms with van der Waals surface area (Å²) in [5.74, 6) is 0.697. The van der Waals surface area contributed by atoms with E-state index in [4.69, 9.17) is 16.3 Å². The lowest BCUT2D eigenvalue weighted by molar-refractivity contribution is 0.415. The van der Waals surface area contributed by atoms with Crippen LogP contribution < -0.4 is 10.1 Å². The largest absolute Gasteiger partial charge is 0.495 e. The molecule has 0 atom stereocenters. The maximum absolute atomic E-state index is 6.10. The van der Waals surface area contributed by atoms with Gasteiger partial charge in [-0.3, -0.25) is 0 Å². The van der Waals surface area contributed by atoms with E-state index in [-0.39, 0.29) is 0 Å². The minimum absolute atomic E-state index is 0.627. The van der Waals surface area contributed by atoms with Crippen LogP contribution in [0.3, 0.4) is 0 Å². The highest BCUT2D eigenvalue weighted by Gasteiger charge is 2.03. The number of benzene rings is 2. The zero-order valence-electron chi connectivity index (χ0n) is 9.83. The van der Waals surface area contributed by atoms with Crippen molar-refractivity contribution in [2.45, 2.75) is 0 Å². The predicted octanol–water partition coefficient (Wildman–Crippen LogP) is 4.06. The molecule has 0 heterocycles. The quantitative estimate of drug-likeness (QED) is 0.883. The van der Waals surface area contributed by atoms with Crippen molar-refractivity contribution < 1.29 is 4.74 Å². The molecule has 0 saturated heterocycles. The number of methoxy groups -OCH3 is 1. The maximum atomic E-state index is 6.10. The molecular formula is C14H14ClNO. The van der Waals surface area contributed by atoms with Crippen molar-refractivity contribution in [2.24, 2.45) is 0 Å². The molecule has 17 heavy (non-hydrogen) atoms. The van der Waals surface area contributed by atoms with Crippen molar-refractivity contribution in [3.8, 4) is 16.9 Å². The standard InChI is InChI=1S/C14H14ClNO/c1-16-12-6-3-10(4-7-12)11-5-8-14(17-2)13(15)9-11/h3-9,16H,1-2H3. The lowest BCUT2D eigenvalue weighted by Gasteiger charge is -2.07. The lowest BCUT2D eigenvalue weighted by atomic mass is 10.1. The Bertz CT molecular complexity index is 508. The van der Waals surface area contributed by atoms with Gasteiger partial charge in [0.15, 0.2) is 0 Å². The third-order valence-electron chi connectivity index (χ3n) is 2.66. The highest BCUT2D eigenvalue weighted by molar-refractivity contribution is 6.32. The van der Waals surface area contributed by atoms with Gasteiger partial charge in [-0.1, -0.05) is 29.8 Å². The number of hydrogen-bond acceptors (Lipinski definition) is 2. The van der Waals surface area contributed by atoms with Crippen LogP contribution in [-0.2, 0) is 0 Å². The van der Waals surface area contributed by atoms with Gasteiger partial charge in [-0.05, 0) is 35.4 Å². The van der Waals surface area contributed by atoms with Crippen LogP contribution in [0, 0.1) is 0 Å². The summed E-state index contributed by atoms with van der Waals surface area (Å²) in [7, 11) is 3.52. The van der Waals surface area contributed by atoms with Gasteiger partial charge in [0, 0.05) is 12.7 Å². The SMILES string of the molecule is CNc1ccc(-c2ccc(OC)c(Cl)c2)cc1. The average Bonchev–Trinajstić information content (AvgIpc) is 2.39. The molecule has 0 unspecified atom stereocenters. The molecule has 0 aliphatic carbocycles. The van der Waals surface area contributed by atoms with E-state index >= 15 is 0 Å². The normalized spacial score (nSPS) is 10.1. The topological polar surface area (TPSA) is 21.3 Å². The highest BCUT2D eigenvalue weighted by atomic mass is 35.5. The van der Waals surface area contributed by atoms with Crippen LogP contribution in [0.2, 0.25) is 5.02 Å². The number of ether oxygens (including phenoxy) is 1. The molecule has 0 aliphatic rings. The van der Waals surface area contributed by atoms with Gasteiger partial charge >= 0.3 is 0 Å². The lowest BCUT2D eigenvalue weighted by Crippen LogP contribution is -1.88. The Morgan fingerprint density at radius 2 is 1.65 bits per heavy atom. The summed E-state index contributed by atoms with van der Waals surface area (Å²) >= 11 is 6.10. The molecule has 0 fully saturated rings. The minimum Gasteiger partial charge on any atom is -0.495 e. The van der Waals surface area contributed by atoms with Crippen molar-refractivity contribution in [1.29, 1.82) is 0 Å². The van der Waals surface area contributed by atoms with E-state index in [1.807, 2.05) is 37.4 Å². The van der Waals surface area contributed by atoms with E-state index in [0.717, 1.165) is 16.8 Å². The van der Waals surface area contributed by atoms with Crippen molar-refractivity contribution in [3.05, 3.63) is 47.5 Å². The van der Waals surface area contributed by atoms with E-state index in [1.165, 1.54) is 0 Å². The van der Waals surface area contributed by atoms with Gasteiger partial charge in [0.1, 0.15) is 5.75 Å². The predicted molar refractivity (Wildman–Crippen MR) is 73.0 cm³/mol. The van der Waals surface area contributed by atoms with E-state index in [1.54, 1.807) is 7.11 Å². The molecule has 2 nitrogen and oxygen atoms in total. The van der Waals surface area contributed by atoms with Gasteiger partial charge in [-0.15, -0.1) is 0 Å². The zero-order valence-corrected chi connectivity index (χ0v) is 10.6. The summed E-state index contributed by atoms with van der Waals surface area (Å²) in [6.07, 6.45) is 0. The second kappa shape index (κ2) is 5.11. The molecular weight excluding hydrogens is 234 g/mol.